The van der Waals surface area contributed by atoms with Crippen LogP contribution in [0.5, 0.6) is 17.2 Å². The Balaban J connectivity index is 1.30. The number of ether oxygens (including phenoxy) is 3. The fourth-order valence-electron chi connectivity index (χ4n) is 3.63. The smallest absolute Gasteiger partial charge is 0.454 e. The molecule has 0 aromatic heterocycles. The Hall–Kier alpha value is -4.45. The summed E-state index contributed by atoms with van der Waals surface area (Å²) in [5, 5.41) is 2.90. The van der Waals surface area contributed by atoms with Crippen molar-refractivity contribution >= 4 is 46.2 Å². The zero-order chi connectivity index (χ0) is 26.7. The first-order chi connectivity index (χ1) is 18.2. The lowest BCUT2D eigenvalue weighted by Crippen LogP contribution is -2.31. The van der Waals surface area contributed by atoms with Crippen molar-refractivity contribution in [2.24, 2.45) is 4.99 Å². The van der Waals surface area contributed by atoms with Gasteiger partial charge in [0.25, 0.3) is 5.91 Å². The van der Waals surface area contributed by atoms with E-state index in [2.05, 4.69) is 15.0 Å². The number of hydrogen-bond donors (Lipinski definition) is 1. The monoisotopic (exact) mass is 541 g/mol. The summed E-state index contributed by atoms with van der Waals surface area (Å²) in [5.41, 5.74) is 1.74. The van der Waals surface area contributed by atoms with Gasteiger partial charge in [-0.25, -0.2) is 4.99 Å². The molecule has 0 bridgehead atoms. The molecule has 0 saturated carbocycles. The van der Waals surface area contributed by atoms with Gasteiger partial charge < -0.3 is 19.5 Å². The molecule has 1 N–H and O–H groups in total. The Morgan fingerprint density at radius 1 is 1.05 bits per heavy atom. The highest BCUT2D eigenvalue weighted by Crippen LogP contribution is 2.34. The van der Waals surface area contributed by atoms with Crippen molar-refractivity contribution in [2.75, 3.05) is 22.8 Å². The van der Waals surface area contributed by atoms with Gasteiger partial charge in [0.15, 0.2) is 16.7 Å². The Kier molecular flexibility index (Phi) is 6.97. The van der Waals surface area contributed by atoms with Gasteiger partial charge in [-0.2, -0.15) is 0 Å². The van der Waals surface area contributed by atoms with Gasteiger partial charge in [0.1, 0.15) is 11.4 Å². The van der Waals surface area contributed by atoms with Crippen LogP contribution < -0.4 is 24.4 Å². The molecule has 2 heterocycles. The van der Waals surface area contributed by atoms with Crippen molar-refractivity contribution in [3.8, 4) is 17.2 Å². The molecule has 194 valence electrons. The van der Waals surface area contributed by atoms with Crippen LogP contribution >= 0.6 is 11.8 Å². The van der Waals surface area contributed by atoms with Crippen LogP contribution in [0.3, 0.4) is 0 Å². The fourth-order valence-corrected chi connectivity index (χ4v) is 4.44. The second-order valence-electron chi connectivity index (χ2n) is 7.92. The minimum Gasteiger partial charge on any atom is -0.454 e. The molecule has 0 fully saturated rings. The first-order valence-corrected chi connectivity index (χ1v) is 12.1. The van der Waals surface area contributed by atoms with E-state index >= 15 is 0 Å². The molecule has 5 rings (SSSR count). The Morgan fingerprint density at radius 3 is 2.53 bits per heavy atom. The van der Waals surface area contributed by atoms with Gasteiger partial charge in [-0.1, -0.05) is 36.0 Å². The highest BCUT2D eigenvalue weighted by Gasteiger charge is 2.33. The number of thioether (sulfide) groups is 1. The van der Waals surface area contributed by atoms with Gasteiger partial charge in [-0.05, 0) is 60.2 Å². The van der Waals surface area contributed by atoms with Crippen molar-refractivity contribution in [1.82, 2.24) is 0 Å². The minimum atomic E-state index is -4.80. The number of para-hydroxylation sites is 1. The van der Waals surface area contributed by atoms with Gasteiger partial charge in [0, 0.05) is 5.69 Å². The lowest BCUT2D eigenvalue weighted by molar-refractivity contribution is -0.274. The molecule has 38 heavy (non-hydrogen) atoms. The van der Waals surface area contributed by atoms with E-state index in [1.807, 2.05) is 6.07 Å². The van der Waals surface area contributed by atoms with E-state index in [0.717, 1.165) is 23.9 Å². The summed E-state index contributed by atoms with van der Waals surface area (Å²) in [6.45, 7) is 0.128. The number of nitrogens with zero attached hydrogens (tertiary/aromatic N) is 2. The number of hydrogen-bond acceptors (Lipinski definition) is 7. The standard InChI is InChI=1S/C26H18F3N3O5S/c27-26(28,29)37-19-9-7-17(8-10-19)30-23(33)14-38-25-31-20(24(34)32(25)18-4-2-1-3-5-18)12-16-6-11-21-22(13-16)36-15-35-21/h1-13H,14-15H2,(H,30,33). The van der Waals surface area contributed by atoms with Crippen molar-refractivity contribution < 1.29 is 37.0 Å². The van der Waals surface area contributed by atoms with Gasteiger partial charge >= 0.3 is 6.36 Å². The highest BCUT2D eigenvalue weighted by atomic mass is 32.2. The van der Waals surface area contributed by atoms with Crippen molar-refractivity contribution in [2.45, 2.75) is 6.36 Å². The van der Waals surface area contributed by atoms with Crippen LogP contribution in [-0.2, 0) is 9.59 Å². The van der Waals surface area contributed by atoms with E-state index in [0.29, 0.717) is 27.9 Å². The zero-order valence-corrected chi connectivity index (χ0v) is 20.2. The van der Waals surface area contributed by atoms with Gasteiger partial charge in [0.2, 0.25) is 12.7 Å². The summed E-state index contributed by atoms with van der Waals surface area (Å²) in [6, 6.07) is 18.9. The molecule has 8 nitrogen and oxygen atoms in total. The number of nitrogens with one attached hydrogen (secondary N) is 1. The van der Waals surface area contributed by atoms with E-state index in [1.165, 1.54) is 17.0 Å². The van der Waals surface area contributed by atoms with Gasteiger partial charge in [-0.15, -0.1) is 13.2 Å². The molecule has 3 aromatic rings. The SMILES string of the molecule is O=C(CSC1=NC(=Cc2ccc3c(c2)OCO3)C(=O)N1c1ccccc1)Nc1ccc(OC(F)(F)F)cc1. The molecule has 3 aromatic carbocycles. The quantitative estimate of drug-likeness (QED) is 0.419. The molecule has 0 radical (unpaired) electrons. The zero-order valence-electron chi connectivity index (χ0n) is 19.4. The molecule has 0 atom stereocenters. The number of halogens is 3. The first kappa shape index (κ1) is 25.2. The fraction of sp³-hybridized carbons (Fsp3) is 0.115. The highest BCUT2D eigenvalue weighted by molar-refractivity contribution is 8.14. The molecular formula is C26H18F3N3O5S. The third-order valence-electron chi connectivity index (χ3n) is 5.25. The van der Waals surface area contributed by atoms with Crippen molar-refractivity contribution in [3.05, 3.63) is 84.1 Å². The maximum absolute atomic E-state index is 13.3. The van der Waals surface area contributed by atoms with Crippen LogP contribution in [0.1, 0.15) is 5.56 Å². The Morgan fingerprint density at radius 2 is 1.79 bits per heavy atom. The van der Waals surface area contributed by atoms with E-state index in [1.54, 1.807) is 48.5 Å². The lowest BCUT2D eigenvalue weighted by Gasteiger charge is -2.17. The van der Waals surface area contributed by atoms with E-state index in [-0.39, 0.29) is 29.8 Å². The summed E-state index contributed by atoms with van der Waals surface area (Å²) in [6.07, 6.45) is -3.18. The number of benzene rings is 3. The van der Waals surface area contributed by atoms with Gasteiger partial charge in [-0.3, -0.25) is 14.5 Å². The predicted molar refractivity (Wildman–Crippen MR) is 136 cm³/mol. The van der Waals surface area contributed by atoms with Crippen LogP contribution in [0.15, 0.2) is 83.5 Å². The van der Waals surface area contributed by atoms with Crippen LogP contribution in [-0.4, -0.2) is 35.9 Å². The number of carbonyl (C=O) groups is 2. The predicted octanol–water partition coefficient (Wildman–Crippen LogP) is 5.43. The molecule has 2 amide bonds. The number of amides is 2. The molecule has 0 spiro atoms. The normalized spacial score (nSPS) is 15.6. The third-order valence-corrected chi connectivity index (χ3v) is 6.19. The molecule has 0 saturated heterocycles. The largest absolute Gasteiger partial charge is 0.573 e. The molecule has 0 aliphatic carbocycles. The Labute approximate surface area is 218 Å². The summed E-state index contributed by atoms with van der Waals surface area (Å²) >= 11 is 1.05. The average molecular weight is 542 g/mol. The summed E-state index contributed by atoms with van der Waals surface area (Å²) in [4.78, 5) is 31.7. The van der Waals surface area contributed by atoms with Gasteiger partial charge in [0.05, 0.1) is 11.4 Å². The number of aliphatic imine (C=N–C) groups is 1. The number of fused-ring (bicyclic) bond motifs is 1. The van der Waals surface area contributed by atoms with Crippen LogP contribution in [0, 0.1) is 0 Å². The third kappa shape index (κ3) is 5.92. The summed E-state index contributed by atoms with van der Waals surface area (Å²) in [5.74, 6) is -0.119. The van der Waals surface area contributed by atoms with E-state index in [4.69, 9.17) is 9.47 Å². The van der Waals surface area contributed by atoms with E-state index in [9.17, 15) is 22.8 Å². The molecule has 12 heteroatoms. The topological polar surface area (TPSA) is 89.5 Å². The Bertz CT molecular complexity index is 1430. The van der Waals surface area contributed by atoms with Crippen molar-refractivity contribution in [1.29, 1.82) is 0 Å². The number of rotatable bonds is 6. The molecular weight excluding hydrogens is 523 g/mol. The molecule has 2 aliphatic heterocycles. The minimum absolute atomic E-state index is 0.104. The van der Waals surface area contributed by atoms with Crippen molar-refractivity contribution in [3.63, 3.8) is 0 Å². The summed E-state index contributed by atoms with van der Waals surface area (Å²) in [7, 11) is 0. The van der Waals surface area contributed by atoms with Crippen LogP contribution in [0.2, 0.25) is 0 Å². The van der Waals surface area contributed by atoms with E-state index < -0.39 is 18.0 Å². The maximum atomic E-state index is 13.3. The van der Waals surface area contributed by atoms with Crippen LogP contribution in [0.25, 0.3) is 6.08 Å². The number of amidine groups is 1. The second-order valence-corrected chi connectivity index (χ2v) is 8.86. The maximum Gasteiger partial charge on any atom is 0.573 e. The first-order valence-electron chi connectivity index (χ1n) is 11.1. The van der Waals surface area contributed by atoms with Crippen LogP contribution in [0.4, 0.5) is 24.5 Å². The molecule has 2 aliphatic rings. The molecule has 0 unspecified atom stereocenters. The summed E-state index contributed by atoms with van der Waals surface area (Å²) < 4.78 is 51.5. The second kappa shape index (κ2) is 10.5. The number of carbonyl (C=O) groups excluding carboxylic acids is 2. The lowest BCUT2D eigenvalue weighted by atomic mass is 10.1. The average Bonchev–Trinajstić information content (AvgIpc) is 3.47. The number of anilines is 2. The number of alkyl halides is 3.